The summed E-state index contributed by atoms with van der Waals surface area (Å²) < 4.78 is 40.4. The van der Waals surface area contributed by atoms with Crippen molar-refractivity contribution < 1.29 is 17.6 Å². The number of hydrogen-bond acceptors (Lipinski definition) is 3. The maximum atomic E-state index is 13.0. The fraction of sp³-hybridized carbons (Fsp3) is 0.316. The molecule has 136 valence electrons. The van der Waals surface area contributed by atoms with Gasteiger partial charge in [0, 0.05) is 12.2 Å². The lowest BCUT2D eigenvalue weighted by Gasteiger charge is -2.26. The summed E-state index contributed by atoms with van der Waals surface area (Å²) >= 11 is 0. The molecule has 2 aliphatic rings. The average Bonchev–Trinajstić information content (AvgIpc) is 3.26. The van der Waals surface area contributed by atoms with Gasteiger partial charge in [-0.15, -0.1) is 0 Å². The molecular weight excluding hydrogens is 355 g/mol. The standard InChI is InChI=1S/C19H19FN2O3S/c1-12-2-8-16(9-3-12)26(24,25)22-11-13-10-17(13)18(22)19(23)21-15-6-4-14(20)5-7-15/h2-9,13,17-18H,10-11H2,1H3,(H,21,23)/t13-,17+,18+/m0/s1. The van der Waals surface area contributed by atoms with Crippen LogP contribution in [0.15, 0.2) is 53.4 Å². The van der Waals surface area contributed by atoms with Crippen molar-refractivity contribution in [3.63, 3.8) is 0 Å². The van der Waals surface area contributed by atoms with Crippen molar-refractivity contribution in [3.8, 4) is 0 Å². The van der Waals surface area contributed by atoms with Gasteiger partial charge >= 0.3 is 0 Å². The van der Waals surface area contributed by atoms with Gasteiger partial charge < -0.3 is 5.32 Å². The lowest BCUT2D eigenvalue weighted by atomic mass is 10.2. The van der Waals surface area contributed by atoms with E-state index in [1.165, 1.54) is 28.6 Å². The van der Waals surface area contributed by atoms with E-state index in [1.807, 2.05) is 6.92 Å². The molecule has 1 saturated heterocycles. The highest BCUT2D eigenvalue weighted by atomic mass is 32.2. The number of fused-ring (bicyclic) bond motifs is 1. The van der Waals surface area contributed by atoms with Crippen molar-refractivity contribution in [2.75, 3.05) is 11.9 Å². The number of rotatable bonds is 4. The average molecular weight is 374 g/mol. The van der Waals surface area contributed by atoms with Gasteiger partial charge in [-0.2, -0.15) is 4.31 Å². The second kappa shape index (κ2) is 6.17. The highest BCUT2D eigenvalue weighted by molar-refractivity contribution is 7.89. The van der Waals surface area contributed by atoms with Crippen LogP contribution >= 0.6 is 0 Å². The summed E-state index contributed by atoms with van der Waals surface area (Å²) in [7, 11) is -3.74. The first kappa shape index (κ1) is 17.2. The second-order valence-electron chi connectivity index (χ2n) is 6.99. The Morgan fingerprint density at radius 1 is 1.12 bits per heavy atom. The molecule has 1 saturated carbocycles. The molecule has 0 spiro atoms. The van der Waals surface area contributed by atoms with Crippen molar-refractivity contribution in [2.45, 2.75) is 24.3 Å². The maximum absolute atomic E-state index is 13.0. The van der Waals surface area contributed by atoms with Crippen molar-refractivity contribution in [3.05, 3.63) is 59.9 Å². The van der Waals surface area contributed by atoms with Crippen LogP contribution in [-0.4, -0.2) is 31.2 Å². The van der Waals surface area contributed by atoms with Gasteiger partial charge in [0.15, 0.2) is 0 Å². The number of aryl methyl sites for hydroxylation is 1. The number of anilines is 1. The Labute approximate surface area is 151 Å². The van der Waals surface area contributed by atoms with Gasteiger partial charge in [0.05, 0.1) is 4.90 Å². The Hall–Kier alpha value is -2.25. The Kier molecular flexibility index (Phi) is 4.08. The van der Waals surface area contributed by atoms with E-state index >= 15 is 0 Å². The van der Waals surface area contributed by atoms with Crippen LogP contribution in [0.4, 0.5) is 10.1 Å². The van der Waals surface area contributed by atoms with Gasteiger partial charge in [-0.25, -0.2) is 12.8 Å². The number of amides is 1. The summed E-state index contributed by atoms with van der Waals surface area (Å²) in [6, 6.07) is 11.4. The molecule has 1 aliphatic heterocycles. The molecule has 3 atom stereocenters. The van der Waals surface area contributed by atoms with Gasteiger partial charge in [0.25, 0.3) is 0 Å². The third-order valence-electron chi connectivity index (χ3n) is 5.12. The van der Waals surface area contributed by atoms with E-state index in [9.17, 15) is 17.6 Å². The molecule has 0 radical (unpaired) electrons. The first-order chi connectivity index (χ1) is 12.4. The first-order valence-electron chi connectivity index (χ1n) is 8.51. The van der Waals surface area contributed by atoms with Gasteiger partial charge in [-0.05, 0) is 61.6 Å². The number of carbonyl (C=O) groups excluding carboxylic acids is 1. The van der Waals surface area contributed by atoms with Crippen LogP contribution in [0.3, 0.4) is 0 Å². The minimum absolute atomic E-state index is 0.0515. The molecule has 1 heterocycles. The highest BCUT2D eigenvalue weighted by Crippen LogP contribution is 2.51. The Morgan fingerprint density at radius 2 is 1.77 bits per heavy atom. The van der Waals surface area contributed by atoms with Crippen LogP contribution in [0.25, 0.3) is 0 Å². The van der Waals surface area contributed by atoms with Crippen molar-refractivity contribution in [1.82, 2.24) is 4.31 Å². The van der Waals surface area contributed by atoms with Crippen LogP contribution in [0.2, 0.25) is 0 Å². The van der Waals surface area contributed by atoms with E-state index in [2.05, 4.69) is 5.32 Å². The molecule has 2 fully saturated rings. The monoisotopic (exact) mass is 374 g/mol. The normalized spacial score (nSPS) is 24.9. The predicted molar refractivity (Wildman–Crippen MR) is 95.5 cm³/mol. The van der Waals surface area contributed by atoms with Crippen LogP contribution in [-0.2, 0) is 14.8 Å². The minimum atomic E-state index is -3.74. The van der Waals surface area contributed by atoms with E-state index in [0.717, 1.165) is 12.0 Å². The van der Waals surface area contributed by atoms with Crippen LogP contribution < -0.4 is 5.32 Å². The van der Waals surface area contributed by atoms with Crippen molar-refractivity contribution in [1.29, 1.82) is 0 Å². The highest BCUT2D eigenvalue weighted by Gasteiger charge is 2.58. The number of nitrogens with zero attached hydrogens (tertiary/aromatic N) is 1. The summed E-state index contributed by atoms with van der Waals surface area (Å²) in [6.07, 6.45) is 0.863. The third-order valence-corrected chi connectivity index (χ3v) is 6.98. The molecule has 5 nitrogen and oxygen atoms in total. The second-order valence-corrected chi connectivity index (χ2v) is 8.88. The molecule has 1 aliphatic carbocycles. The lowest BCUT2D eigenvalue weighted by Crippen LogP contribution is -2.45. The number of benzene rings is 2. The van der Waals surface area contributed by atoms with E-state index < -0.39 is 21.9 Å². The van der Waals surface area contributed by atoms with E-state index in [0.29, 0.717) is 12.2 Å². The molecule has 26 heavy (non-hydrogen) atoms. The van der Waals surface area contributed by atoms with E-state index in [-0.39, 0.29) is 22.6 Å². The molecule has 0 aromatic heterocycles. The molecular formula is C19H19FN2O3S. The zero-order chi connectivity index (χ0) is 18.5. The summed E-state index contributed by atoms with van der Waals surface area (Å²) in [5.74, 6) is -0.471. The molecule has 0 bridgehead atoms. The quantitative estimate of drug-likeness (QED) is 0.895. The van der Waals surface area contributed by atoms with Gasteiger partial charge in [-0.1, -0.05) is 17.7 Å². The summed E-state index contributed by atoms with van der Waals surface area (Å²) in [5.41, 5.74) is 1.42. The number of hydrogen-bond donors (Lipinski definition) is 1. The zero-order valence-corrected chi connectivity index (χ0v) is 15.0. The van der Waals surface area contributed by atoms with Crippen LogP contribution in [0.1, 0.15) is 12.0 Å². The smallest absolute Gasteiger partial charge is 0.243 e. The lowest BCUT2D eigenvalue weighted by molar-refractivity contribution is -0.119. The van der Waals surface area contributed by atoms with Crippen LogP contribution in [0, 0.1) is 24.6 Å². The first-order valence-corrected chi connectivity index (χ1v) is 9.95. The Balaban J connectivity index is 1.59. The van der Waals surface area contributed by atoms with E-state index in [1.54, 1.807) is 24.3 Å². The molecule has 2 aromatic rings. The molecule has 7 heteroatoms. The van der Waals surface area contributed by atoms with Crippen LogP contribution in [0.5, 0.6) is 0 Å². The molecule has 1 amide bonds. The largest absolute Gasteiger partial charge is 0.325 e. The predicted octanol–water partition coefficient (Wildman–Crippen LogP) is 2.78. The van der Waals surface area contributed by atoms with E-state index in [4.69, 9.17) is 0 Å². The summed E-state index contributed by atoms with van der Waals surface area (Å²) in [5, 5.41) is 2.72. The van der Waals surface area contributed by atoms with Gasteiger partial charge in [0.2, 0.25) is 15.9 Å². The number of piperidine rings is 1. The summed E-state index contributed by atoms with van der Waals surface area (Å²) in [4.78, 5) is 13.0. The number of sulfonamides is 1. The fourth-order valence-corrected chi connectivity index (χ4v) is 5.28. The Morgan fingerprint density at radius 3 is 2.42 bits per heavy atom. The van der Waals surface area contributed by atoms with Gasteiger partial charge in [-0.3, -0.25) is 4.79 Å². The Bertz CT molecular complexity index is 942. The molecule has 2 aromatic carbocycles. The molecule has 1 N–H and O–H groups in total. The van der Waals surface area contributed by atoms with Crippen molar-refractivity contribution >= 4 is 21.6 Å². The summed E-state index contributed by atoms with van der Waals surface area (Å²) in [6.45, 7) is 2.25. The zero-order valence-electron chi connectivity index (χ0n) is 14.2. The maximum Gasteiger partial charge on any atom is 0.243 e. The number of nitrogens with one attached hydrogen (secondary N) is 1. The van der Waals surface area contributed by atoms with Gasteiger partial charge in [0.1, 0.15) is 11.9 Å². The molecule has 0 unspecified atom stereocenters. The van der Waals surface area contributed by atoms with Crippen molar-refractivity contribution in [2.24, 2.45) is 11.8 Å². The SMILES string of the molecule is Cc1ccc(S(=O)(=O)N2C[C@@H]3C[C@H]3[C@@H]2C(=O)Nc2ccc(F)cc2)cc1. The third kappa shape index (κ3) is 3.01. The topological polar surface area (TPSA) is 66.5 Å². The fourth-order valence-electron chi connectivity index (χ4n) is 3.59. The number of halogens is 1. The molecule has 4 rings (SSSR count). The minimum Gasteiger partial charge on any atom is -0.325 e. The number of carbonyl (C=O) groups is 1.